The Morgan fingerprint density at radius 2 is 0.714 bits per heavy atom. The van der Waals surface area contributed by atoms with Crippen LogP contribution in [-0.4, -0.2) is 94.6 Å². The van der Waals surface area contributed by atoms with Crippen LogP contribution in [0.15, 0.2) is 30.3 Å². The van der Waals surface area contributed by atoms with Gasteiger partial charge in [-0.1, -0.05) is 127 Å². The number of hydrogen-bond acceptors (Lipinski definition) is 13. The second kappa shape index (κ2) is 46.8. The van der Waals surface area contributed by atoms with Gasteiger partial charge in [-0.25, -0.2) is 0 Å². The van der Waals surface area contributed by atoms with Gasteiger partial charge in [0.15, 0.2) is 0 Å². The Balaban J connectivity index is -0.0000000997. The molecule has 370 valence electrons. The molecule has 0 aliphatic rings. The Morgan fingerprint density at radius 3 is 0.921 bits per heavy atom. The summed E-state index contributed by atoms with van der Waals surface area (Å²) in [4.78, 5) is 65.0. The normalized spacial score (nSPS) is 15.4. The molecule has 0 aliphatic carbocycles. The zero-order valence-corrected chi connectivity index (χ0v) is 48.4. The first-order valence-corrected chi connectivity index (χ1v) is 30.9. The van der Waals surface area contributed by atoms with Crippen LogP contribution in [0.2, 0.25) is 0 Å². The molecule has 0 amide bonds. The van der Waals surface area contributed by atoms with Crippen LogP contribution in [0, 0.1) is 54.0 Å². The zero-order chi connectivity index (χ0) is 50.9. The van der Waals surface area contributed by atoms with E-state index in [2.05, 4.69) is 89.7 Å². The van der Waals surface area contributed by atoms with E-state index in [1.165, 1.54) is 0 Å². The van der Waals surface area contributed by atoms with Crippen molar-refractivity contribution in [2.24, 2.45) is 47.3 Å². The van der Waals surface area contributed by atoms with Gasteiger partial charge < -0.3 is 23.0 Å². The van der Waals surface area contributed by atoms with Gasteiger partial charge in [-0.05, 0) is 105 Å². The van der Waals surface area contributed by atoms with Crippen molar-refractivity contribution < 1.29 is 82.4 Å². The van der Waals surface area contributed by atoms with Gasteiger partial charge in [0.25, 0.3) is 0 Å². The molecule has 63 heavy (non-hydrogen) atoms. The van der Waals surface area contributed by atoms with E-state index in [1.807, 2.05) is 64.2 Å². The van der Waals surface area contributed by atoms with E-state index in [1.54, 1.807) is 6.66 Å². The van der Waals surface area contributed by atoms with Crippen LogP contribution in [0.25, 0.3) is 0 Å². The molecule has 0 fully saturated rings. The number of ether oxygens (including phenoxy) is 1. The van der Waals surface area contributed by atoms with Gasteiger partial charge in [-0.3, -0.25) is 6.66 Å². The van der Waals surface area contributed by atoms with Crippen LogP contribution in [-0.2, 0) is 89.0 Å². The molecule has 0 bridgehead atoms. The molecule has 1 aromatic rings. The van der Waals surface area contributed by atoms with Gasteiger partial charge in [0.2, 0.25) is 0 Å². The van der Waals surface area contributed by atoms with Crippen LogP contribution < -0.4 is 0 Å². The minimum absolute atomic E-state index is 0. The summed E-state index contributed by atoms with van der Waals surface area (Å²) < 4.78 is 52.6. The Bertz CT molecular complexity index is 1470. The second-order valence-corrected chi connectivity index (χ2v) is 31.1. The molecule has 0 N–H and O–H groups in total. The average molecular weight is 1140 g/mol. The molecule has 0 unspecified atom stereocenters. The predicted molar refractivity (Wildman–Crippen MR) is 252 cm³/mol. The van der Waals surface area contributed by atoms with Crippen LogP contribution >= 0.6 is 28.6 Å². The molecular weight excluding hydrogens is 1060 g/mol. The summed E-state index contributed by atoms with van der Waals surface area (Å²) in [6.07, 6.45) is 6.49. The Hall–Kier alpha value is -1.69. The van der Waals surface area contributed by atoms with Crippen molar-refractivity contribution in [3.8, 4) is 0 Å². The number of benzene rings is 1. The van der Waals surface area contributed by atoms with Crippen molar-refractivity contribution in [3.63, 3.8) is 0 Å². The minimum atomic E-state index is -2.16. The molecule has 13 nitrogen and oxygen atoms in total. The van der Waals surface area contributed by atoms with E-state index >= 15 is 0 Å². The van der Waals surface area contributed by atoms with Gasteiger partial charge in [0, 0.05) is 39.6 Å². The largest absolute Gasteiger partial charge is 0.373 e. The van der Waals surface area contributed by atoms with Crippen LogP contribution in [0.5, 0.6) is 0 Å². The summed E-state index contributed by atoms with van der Waals surface area (Å²) in [5.74, 6) is 4.75. The average Bonchev–Trinajstić information content (AvgIpc) is 3.13. The Kier molecular flexibility index (Phi) is 58.3. The van der Waals surface area contributed by atoms with Crippen molar-refractivity contribution >= 4 is 53.2 Å². The first-order chi connectivity index (χ1) is 28.2. The molecule has 0 aliphatic heterocycles. The molecule has 0 saturated carbocycles. The van der Waals surface area contributed by atoms with Crippen molar-refractivity contribution in [3.05, 3.63) is 42.6 Å². The fourth-order valence-electron chi connectivity index (χ4n) is 4.52. The van der Waals surface area contributed by atoms with Gasteiger partial charge in [-0.2, -0.15) is 38.4 Å². The van der Waals surface area contributed by atoms with Gasteiger partial charge in [0.1, 0.15) is 7.14 Å². The van der Waals surface area contributed by atoms with E-state index in [0.29, 0.717) is 60.3 Å². The Morgan fingerprint density at radius 1 is 0.476 bits per heavy atom. The molecule has 0 radical (unpaired) electrons. The molecule has 0 saturated heterocycles. The number of rotatable bonds is 18. The molecular formula is C45H85O13P4W-. The molecule has 0 spiro atoms. The summed E-state index contributed by atoms with van der Waals surface area (Å²) in [5.41, 5.74) is 1.13. The topological polar surface area (TPSA) is 214 Å². The number of hydrogen-bond donors (Lipinski definition) is 0. The molecule has 1 aromatic carbocycles. The first-order valence-electron chi connectivity index (χ1n) is 20.8. The van der Waals surface area contributed by atoms with E-state index < -0.39 is 28.6 Å². The molecule has 0 aromatic heterocycles. The zero-order valence-electron chi connectivity index (χ0n) is 41.9. The maximum atomic E-state index is 12.4. The monoisotopic (exact) mass is 1140 g/mol. The maximum Gasteiger partial charge on any atom is 0.373 e. The minimum Gasteiger partial charge on any atom is -0.369 e. The van der Waals surface area contributed by atoms with Crippen LogP contribution in [0.4, 0.5) is 0 Å². The van der Waals surface area contributed by atoms with E-state index in [4.69, 9.17) is 43.1 Å². The summed E-state index contributed by atoms with van der Waals surface area (Å²) >= 11 is 0. The van der Waals surface area contributed by atoms with Gasteiger partial charge in [0.05, 0.1) is 27.2 Å². The molecule has 8 atom stereocenters. The quantitative estimate of drug-likeness (QED) is 0.0989. The SMILES string of the molecule is CC(C)[C@H](C)C[P@@](C)(=O)COCc1ccccc1.CC[P@@](C)(=O)C[C@@H](C)C(C)C.CC[P@@](C)(=O)C[C@@H](C)C(C)C.O=C=O.O=C=O.O=C=O.O=C=O.[CH2-][P@@](C)(=O)C[C@@H](C)C(C)C.[W]. The standard InChI is InChI=1S/C15H25O2P.2C9H21OP.C8H18OP.4CO2.W/c1-13(2)14(3)11-18(4,16)12-17-10-15-8-6-5-7-9-15;2*1-6-11(5,10)7-9(4)8(2)3;1-7(2)8(3)6-10(4,5)9;4*2-1-3;/h5-9,13-14H,10-12H2,1-4H3;2*8-9H,6-7H2,1-5H3;7-8H,4,6H2,1-3,5H3;;;;;/q;;;-1;;;;;/t14-,18-;2*9-,11-;8-,10+;;;;;/m1111...../s1. The van der Waals surface area contributed by atoms with Crippen molar-refractivity contribution in [2.45, 2.75) is 104 Å². The van der Waals surface area contributed by atoms with Gasteiger partial charge >= 0.3 is 24.6 Å². The van der Waals surface area contributed by atoms with Crippen molar-refractivity contribution in [1.82, 2.24) is 0 Å². The van der Waals surface area contributed by atoms with Crippen LogP contribution in [0.3, 0.4) is 0 Å². The predicted octanol–water partition coefficient (Wildman–Crippen LogP) is 11.8. The molecule has 18 heteroatoms. The van der Waals surface area contributed by atoms with Crippen molar-refractivity contribution in [1.29, 1.82) is 0 Å². The maximum absolute atomic E-state index is 12.4. The third-order valence-corrected chi connectivity index (χ3v) is 18.9. The summed E-state index contributed by atoms with van der Waals surface area (Å²) in [7, 11) is -7.75. The third-order valence-electron chi connectivity index (χ3n) is 10.1. The van der Waals surface area contributed by atoms with E-state index in [9.17, 15) is 18.3 Å². The molecule has 1 rings (SSSR count). The molecule has 0 heterocycles. The first kappa shape index (κ1) is 78.5. The van der Waals surface area contributed by atoms with Crippen molar-refractivity contribution in [2.75, 3.05) is 70.0 Å². The van der Waals surface area contributed by atoms with Gasteiger partial charge in [-0.15, -0.1) is 0 Å². The smallest absolute Gasteiger partial charge is 0.369 e. The van der Waals surface area contributed by atoms with E-state index in [-0.39, 0.29) is 45.7 Å². The second-order valence-electron chi connectivity index (χ2n) is 17.7. The summed E-state index contributed by atoms with van der Waals surface area (Å²) in [6.45, 7) is 41.8. The fourth-order valence-corrected chi connectivity index (χ4v) is 12.2. The fraction of sp³-hybridized carbons (Fsp3) is 0.756. The Labute approximate surface area is 397 Å². The van der Waals surface area contributed by atoms with Crippen LogP contribution in [0.1, 0.15) is 102 Å². The summed E-state index contributed by atoms with van der Waals surface area (Å²) in [6, 6.07) is 10.0. The van der Waals surface area contributed by atoms with E-state index in [0.717, 1.165) is 42.5 Å². The number of carbonyl (C=O) groups excluding carboxylic acids is 8. The third kappa shape index (κ3) is 67.0. The summed E-state index contributed by atoms with van der Waals surface area (Å²) in [5, 5.41) is 0.